The number of amides is 1. The van der Waals surface area contributed by atoms with Crippen LogP contribution in [0.3, 0.4) is 0 Å². The van der Waals surface area contributed by atoms with Gasteiger partial charge in [-0.2, -0.15) is 0 Å². The van der Waals surface area contributed by atoms with Gasteiger partial charge in [0.25, 0.3) is 0 Å². The first-order chi connectivity index (χ1) is 16.9. The van der Waals surface area contributed by atoms with Gasteiger partial charge >= 0.3 is 0 Å². The van der Waals surface area contributed by atoms with Gasteiger partial charge in [-0.05, 0) is 82.2 Å². The predicted octanol–water partition coefficient (Wildman–Crippen LogP) is 6.39. The topological polar surface area (TPSA) is 35.9 Å². The van der Waals surface area contributed by atoms with Gasteiger partial charge in [-0.15, -0.1) is 11.6 Å². The van der Waals surface area contributed by atoms with Gasteiger partial charge in [0.1, 0.15) is 0 Å². The average molecular weight is 519 g/mol. The van der Waals surface area contributed by atoms with Crippen LogP contribution in [-0.4, -0.2) is 66.6 Å². The molecule has 0 spiro atoms. The smallest absolute Gasteiger partial charge is 0.246 e. The van der Waals surface area contributed by atoms with Crippen molar-refractivity contribution >= 4 is 35.3 Å². The first-order valence-corrected chi connectivity index (χ1v) is 14.0. The van der Waals surface area contributed by atoms with Crippen molar-refractivity contribution in [1.29, 1.82) is 0 Å². The summed E-state index contributed by atoms with van der Waals surface area (Å²) < 4.78 is 0. The predicted molar refractivity (Wildman–Crippen MR) is 150 cm³/mol. The van der Waals surface area contributed by atoms with Gasteiger partial charge < -0.3 is 9.80 Å². The lowest BCUT2D eigenvalue weighted by Gasteiger charge is -2.42. The van der Waals surface area contributed by atoms with Gasteiger partial charge in [-0.25, -0.2) is 0 Å². The molecule has 0 N–H and O–H groups in total. The number of allylic oxidation sites excluding steroid dienone is 8. The van der Waals surface area contributed by atoms with Crippen LogP contribution in [0.25, 0.3) is 0 Å². The summed E-state index contributed by atoms with van der Waals surface area (Å²) in [5.41, 5.74) is 2.43. The lowest BCUT2D eigenvalue weighted by molar-refractivity contribution is -0.127. The largest absolute Gasteiger partial charge is 0.339 e. The molecule has 192 valence electrons. The second-order valence-corrected chi connectivity index (χ2v) is 10.9. The van der Waals surface area contributed by atoms with E-state index in [2.05, 4.69) is 35.0 Å². The number of halogens is 2. The molecule has 3 rings (SSSR count). The Labute approximate surface area is 222 Å². The third-order valence-corrected chi connectivity index (χ3v) is 8.66. The Bertz CT molecular complexity index is 886. The Morgan fingerprint density at radius 2 is 1.83 bits per heavy atom. The van der Waals surface area contributed by atoms with E-state index in [0.717, 1.165) is 56.2 Å². The van der Waals surface area contributed by atoms with Crippen LogP contribution in [0.5, 0.6) is 0 Å². The number of carbonyl (C=O) groups excluding carboxylic acids is 1. The average Bonchev–Trinajstić information content (AvgIpc) is 3.19. The standard InChI is InChI=1S/C29H41Cl2N3O/c1-22(6-8-28(31)23(2)21-30)7-9-29(35)34-19-11-25(12-20-34)24(3)33-17-13-27(14-18-33)26-5-4-15-32-16-10-26/h4-10,16,23-25,27H,11-15,17-21H2,1-3H3/b9-7+,22-6+,28-8+. The Hall–Kier alpha value is -1.62. The van der Waals surface area contributed by atoms with E-state index in [0.29, 0.717) is 23.8 Å². The number of hydrogen-bond donors (Lipinski definition) is 0. The molecule has 6 heteroatoms. The normalized spacial score (nSPS) is 23.5. The third kappa shape index (κ3) is 8.48. The summed E-state index contributed by atoms with van der Waals surface area (Å²) in [6, 6.07) is 0.570. The fraction of sp³-hybridized carbons (Fsp3) is 0.586. The number of piperidine rings is 2. The highest BCUT2D eigenvalue weighted by Crippen LogP contribution is 2.31. The van der Waals surface area contributed by atoms with E-state index in [-0.39, 0.29) is 11.8 Å². The molecule has 0 radical (unpaired) electrons. The zero-order chi connectivity index (χ0) is 25.2. The monoisotopic (exact) mass is 517 g/mol. The van der Waals surface area contributed by atoms with Crippen LogP contribution in [0.1, 0.15) is 46.5 Å². The molecule has 2 unspecified atom stereocenters. The Morgan fingerprint density at radius 3 is 2.51 bits per heavy atom. The van der Waals surface area contributed by atoms with E-state index in [1.807, 2.05) is 43.2 Å². The number of hydrogen-bond acceptors (Lipinski definition) is 3. The van der Waals surface area contributed by atoms with Gasteiger partial charge in [-0.3, -0.25) is 9.79 Å². The van der Waals surface area contributed by atoms with Gasteiger partial charge in [0.05, 0.1) is 6.54 Å². The third-order valence-electron chi connectivity index (χ3n) is 7.70. The number of nitrogens with zero attached hydrogens (tertiary/aromatic N) is 3. The van der Waals surface area contributed by atoms with Crippen molar-refractivity contribution < 1.29 is 4.79 Å². The highest BCUT2D eigenvalue weighted by Gasteiger charge is 2.31. The molecule has 2 saturated heterocycles. The maximum absolute atomic E-state index is 12.7. The summed E-state index contributed by atoms with van der Waals surface area (Å²) in [5.74, 6) is 2.03. The van der Waals surface area contributed by atoms with Crippen molar-refractivity contribution in [3.05, 3.63) is 58.7 Å². The number of carbonyl (C=O) groups is 1. The van der Waals surface area contributed by atoms with Crippen molar-refractivity contribution in [2.24, 2.45) is 22.7 Å². The van der Waals surface area contributed by atoms with E-state index in [4.69, 9.17) is 23.2 Å². The van der Waals surface area contributed by atoms with E-state index in [9.17, 15) is 4.79 Å². The fourth-order valence-electron chi connectivity index (χ4n) is 5.13. The van der Waals surface area contributed by atoms with Crippen LogP contribution in [0.2, 0.25) is 0 Å². The molecule has 2 fully saturated rings. The molecule has 0 aromatic rings. The molecule has 0 aliphatic carbocycles. The molecule has 35 heavy (non-hydrogen) atoms. The zero-order valence-corrected chi connectivity index (χ0v) is 23.0. The van der Waals surface area contributed by atoms with Crippen molar-refractivity contribution in [3.8, 4) is 0 Å². The molecule has 4 nitrogen and oxygen atoms in total. The Kier molecular flexibility index (Phi) is 11.3. The van der Waals surface area contributed by atoms with E-state index in [1.165, 1.54) is 18.4 Å². The lowest BCUT2D eigenvalue weighted by atomic mass is 9.85. The van der Waals surface area contributed by atoms with Crippen LogP contribution >= 0.6 is 23.2 Å². The first-order valence-electron chi connectivity index (χ1n) is 13.1. The maximum Gasteiger partial charge on any atom is 0.246 e. The zero-order valence-electron chi connectivity index (χ0n) is 21.5. The molecule has 3 heterocycles. The summed E-state index contributed by atoms with van der Waals surface area (Å²) in [6.45, 7) is 11.1. The first kappa shape index (κ1) is 28.0. The maximum atomic E-state index is 12.7. The molecular formula is C29H41Cl2N3O. The molecule has 3 aliphatic heterocycles. The molecule has 1 amide bonds. The van der Waals surface area contributed by atoms with Crippen molar-refractivity contribution in [2.75, 3.05) is 38.6 Å². The summed E-state index contributed by atoms with van der Waals surface area (Å²) in [5, 5.41) is 0.729. The second kappa shape index (κ2) is 14.2. The quantitative estimate of drug-likeness (QED) is 0.212. The Morgan fingerprint density at radius 1 is 1.11 bits per heavy atom. The van der Waals surface area contributed by atoms with Gasteiger partial charge in [0.15, 0.2) is 0 Å². The van der Waals surface area contributed by atoms with Crippen molar-refractivity contribution in [2.45, 2.75) is 52.5 Å². The molecular weight excluding hydrogens is 477 g/mol. The summed E-state index contributed by atoms with van der Waals surface area (Å²) in [7, 11) is 0. The van der Waals surface area contributed by atoms with E-state index in [1.54, 1.807) is 6.08 Å². The van der Waals surface area contributed by atoms with Crippen LogP contribution in [-0.2, 0) is 4.79 Å². The SMILES string of the molecule is CC(/C=C/C(=O)N1CCC(C(C)N2CCC(C3=CC=NCC=C3)CC2)CC1)=C\C=C(\Cl)C(C)CCl. The summed E-state index contributed by atoms with van der Waals surface area (Å²) in [4.78, 5) is 21.7. The minimum Gasteiger partial charge on any atom is -0.339 e. The second-order valence-electron chi connectivity index (χ2n) is 10.1. The Balaban J connectivity index is 1.43. The lowest BCUT2D eigenvalue weighted by Crippen LogP contribution is -2.47. The van der Waals surface area contributed by atoms with Crippen LogP contribution in [0.15, 0.2) is 63.7 Å². The van der Waals surface area contributed by atoms with Gasteiger partial charge in [0, 0.05) is 48.3 Å². The minimum absolute atomic E-state index is 0.0992. The molecule has 3 aliphatic rings. The number of rotatable bonds is 8. The molecule has 0 saturated carbocycles. The number of alkyl halides is 1. The van der Waals surface area contributed by atoms with Gasteiger partial charge in [-0.1, -0.05) is 48.4 Å². The minimum atomic E-state index is 0.0992. The highest BCUT2D eigenvalue weighted by molar-refractivity contribution is 6.30. The number of likely N-dealkylation sites (tertiary alicyclic amines) is 2. The van der Waals surface area contributed by atoms with Crippen molar-refractivity contribution in [1.82, 2.24) is 9.80 Å². The van der Waals surface area contributed by atoms with Gasteiger partial charge in [0.2, 0.25) is 5.91 Å². The van der Waals surface area contributed by atoms with Crippen molar-refractivity contribution in [3.63, 3.8) is 0 Å². The van der Waals surface area contributed by atoms with E-state index < -0.39 is 0 Å². The molecule has 0 bridgehead atoms. The summed E-state index contributed by atoms with van der Waals surface area (Å²) >= 11 is 12.1. The molecule has 0 aromatic heterocycles. The number of aliphatic imine (C=N–C) groups is 1. The van der Waals surface area contributed by atoms with Crippen LogP contribution in [0.4, 0.5) is 0 Å². The van der Waals surface area contributed by atoms with Crippen LogP contribution in [0, 0.1) is 17.8 Å². The fourth-order valence-corrected chi connectivity index (χ4v) is 5.52. The molecule has 2 atom stereocenters. The highest BCUT2D eigenvalue weighted by atomic mass is 35.5. The summed E-state index contributed by atoms with van der Waals surface area (Å²) in [6.07, 6.45) is 20.5. The van der Waals surface area contributed by atoms with E-state index >= 15 is 0 Å². The van der Waals surface area contributed by atoms with Crippen LogP contribution < -0.4 is 0 Å². The molecule has 0 aromatic carbocycles.